The first-order valence-corrected chi connectivity index (χ1v) is 3.99. The summed E-state index contributed by atoms with van der Waals surface area (Å²) in [6.45, 7) is 4.25. The second kappa shape index (κ2) is 4.77. The van der Waals surface area contributed by atoms with Crippen LogP contribution in [0.1, 0.15) is 6.92 Å². The van der Waals surface area contributed by atoms with Gasteiger partial charge in [0, 0.05) is 13.1 Å². The molecule has 0 radical (unpaired) electrons. The van der Waals surface area contributed by atoms with Gasteiger partial charge in [-0.25, -0.2) is 4.79 Å². The third-order valence-electron chi connectivity index (χ3n) is 1.57. The Labute approximate surface area is 71.7 Å². The van der Waals surface area contributed by atoms with Gasteiger partial charge in [0.1, 0.15) is 0 Å². The van der Waals surface area contributed by atoms with E-state index in [0.717, 1.165) is 0 Å². The smallest absolute Gasteiger partial charge is 0.414 e. The summed E-state index contributed by atoms with van der Waals surface area (Å²) in [5.41, 5.74) is 0. The Kier molecular flexibility index (Phi) is 3.60. The highest BCUT2D eigenvalue weighted by molar-refractivity contribution is 5.68. The van der Waals surface area contributed by atoms with Crippen LogP contribution in [0.25, 0.3) is 0 Å². The van der Waals surface area contributed by atoms with Gasteiger partial charge in [-0.05, 0) is 6.92 Å². The molecule has 1 amide bonds. The summed E-state index contributed by atoms with van der Waals surface area (Å²) >= 11 is 0. The van der Waals surface area contributed by atoms with Crippen molar-refractivity contribution in [1.29, 1.82) is 0 Å². The quantitative estimate of drug-likeness (QED) is 0.552. The zero-order valence-corrected chi connectivity index (χ0v) is 7.16. The molecule has 0 bridgehead atoms. The zero-order valence-electron chi connectivity index (χ0n) is 7.16. The van der Waals surface area contributed by atoms with Crippen molar-refractivity contribution in [3.8, 4) is 0 Å². The average Bonchev–Trinajstić information content (AvgIpc) is 2.15. The van der Waals surface area contributed by atoms with Gasteiger partial charge in [-0.1, -0.05) is 6.08 Å². The van der Waals surface area contributed by atoms with Crippen molar-refractivity contribution in [2.45, 2.75) is 6.92 Å². The summed E-state index contributed by atoms with van der Waals surface area (Å²) in [7, 11) is 0. The summed E-state index contributed by atoms with van der Waals surface area (Å²) in [5.74, 6) is 0. The van der Waals surface area contributed by atoms with Crippen molar-refractivity contribution >= 4 is 6.09 Å². The van der Waals surface area contributed by atoms with Gasteiger partial charge >= 0.3 is 6.09 Å². The molecule has 0 saturated carbocycles. The maximum atomic E-state index is 11.2. The number of amides is 1. The summed E-state index contributed by atoms with van der Waals surface area (Å²) < 4.78 is 9.87. The van der Waals surface area contributed by atoms with Gasteiger partial charge in [-0.2, -0.15) is 0 Å². The monoisotopic (exact) mass is 171 g/mol. The lowest BCUT2D eigenvalue weighted by Crippen LogP contribution is -2.40. The maximum Gasteiger partial charge on any atom is 0.414 e. The fourth-order valence-corrected chi connectivity index (χ4v) is 0.947. The van der Waals surface area contributed by atoms with Crippen LogP contribution in [0, 0.1) is 0 Å². The van der Waals surface area contributed by atoms with Gasteiger partial charge < -0.3 is 14.4 Å². The first kappa shape index (κ1) is 9.06. The SMILES string of the molecule is CC=COC(=O)N1CCOCC1. The maximum absolute atomic E-state index is 11.2. The zero-order chi connectivity index (χ0) is 8.81. The van der Waals surface area contributed by atoms with Crippen molar-refractivity contribution in [1.82, 2.24) is 4.90 Å². The Bertz CT molecular complexity index is 173. The number of ether oxygens (including phenoxy) is 2. The number of allylic oxidation sites excluding steroid dienone is 1. The molecule has 0 spiro atoms. The van der Waals surface area contributed by atoms with Crippen LogP contribution in [0.5, 0.6) is 0 Å². The fourth-order valence-electron chi connectivity index (χ4n) is 0.947. The second-order valence-corrected chi connectivity index (χ2v) is 2.45. The standard InChI is InChI=1S/C8H13NO3/c1-2-5-12-8(10)9-3-6-11-7-4-9/h2,5H,3-4,6-7H2,1H3. The molecule has 1 heterocycles. The molecular weight excluding hydrogens is 158 g/mol. The fraction of sp³-hybridized carbons (Fsp3) is 0.625. The number of rotatable bonds is 1. The van der Waals surface area contributed by atoms with Crippen molar-refractivity contribution < 1.29 is 14.3 Å². The van der Waals surface area contributed by atoms with Crippen LogP contribution in [-0.2, 0) is 9.47 Å². The Hall–Kier alpha value is -1.03. The highest BCUT2D eigenvalue weighted by Gasteiger charge is 2.16. The highest BCUT2D eigenvalue weighted by atomic mass is 16.5. The Morgan fingerprint density at radius 1 is 1.50 bits per heavy atom. The second-order valence-electron chi connectivity index (χ2n) is 2.45. The van der Waals surface area contributed by atoms with E-state index in [-0.39, 0.29) is 6.09 Å². The summed E-state index contributed by atoms with van der Waals surface area (Å²) in [6, 6.07) is 0. The van der Waals surface area contributed by atoms with E-state index in [4.69, 9.17) is 9.47 Å². The van der Waals surface area contributed by atoms with Gasteiger partial charge in [0.05, 0.1) is 19.5 Å². The number of carbonyl (C=O) groups excluding carboxylic acids is 1. The van der Waals surface area contributed by atoms with Crippen molar-refractivity contribution in [2.24, 2.45) is 0 Å². The highest BCUT2D eigenvalue weighted by Crippen LogP contribution is 1.99. The minimum atomic E-state index is -0.295. The van der Waals surface area contributed by atoms with E-state index in [1.165, 1.54) is 6.26 Å². The lowest BCUT2D eigenvalue weighted by Gasteiger charge is -2.25. The average molecular weight is 171 g/mol. The molecule has 0 N–H and O–H groups in total. The van der Waals surface area contributed by atoms with Crippen LogP contribution in [0.2, 0.25) is 0 Å². The molecule has 0 aliphatic carbocycles. The number of nitrogens with zero attached hydrogens (tertiary/aromatic N) is 1. The molecule has 1 rings (SSSR count). The molecule has 4 heteroatoms. The van der Waals surface area contributed by atoms with E-state index in [1.807, 2.05) is 0 Å². The molecule has 4 nitrogen and oxygen atoms in total. The Balaban J connectivity index is 2.29. The third kappa shape index (κ3) is 2.54. The predicted molar refractivity (Wildman–Crippen MR) is 43.7 cm³/mol. The van der Waals surface area contributed by atoms with Gasteiger partial charge in [0.25, 0.3) is 0 Å². The van der Waals surface area contributed by atoms with Crippen LogP contribution in [0.3, 0.4) is 0 Å². The summed E-state index contributed by atoms with van der Waals surface area (Å²) in [5, 5.41) is 0. The molecule has 1 saturated heterocycles. The van der Waals surface area contributed by atoms with E-state index in [9.17, 15) is 4.79 Å². The van der Waals surface area contributed by atoms with Gasteiger partial charge in [0.15, 0.2) is 0 Å². The van der Waals surface area contributed by atoms with Crippen LogP contribution < -0.4 is 0 Å². The largest absolute Gasteiger partial charge is 0.419 e. The van der Waals surface area contributed by atoms with Crippen LogP contribution >= 0.6 is 0 Å². The third-order valence-corrected chi connectivity index (χ3v) is 1.57. The summed E-state index contributed by atoms with van der Waals surface area (Å²) in [6.07, 6.45) is 2.77. The van der Waals surface area contributed by atoms with E-state index in [1.54, 1.807) is 17.9 Å². The van der Waals surface area contributed by atoms with Crippen molar-refractivity contribution in [3.63, 3.8) is 0 Å². The number of morpholine rings is 1. The first-order valence-electron chi connectivity index (χ1n) is 3.99. The van der Waals surface area contributed by atoms with Gasteiger partial charge in [-0.15, -0.1) is 0 Å². The van der Waals surface area contributed by atoms with Gasteiger partial charge in [-0.3, -0.25) is 0 Å². The molecule has 1 aliphatic rings. The van der Waals surface area contributed by atoms with Crippen molar-refractivity contribution in [3.05, 3.63) is 12.3 Å². The number of hydrogen-bond donors (Lipinski definition) is 0. The van der Waals surface area contributed by atoms with Crippen molar-refractivity contribution in [2.75, 3.05) is 26.3 Å². The number of hydrogen-bond acceptors (Lipinski definition) is 3. The van der Waals surface area contributed by atoms with Gasteiger partial charge in [0.2, 0.25) is 0 Å². The van der Waals surface area contributed by atoms with E-state index >= 15 is 0 Å². The Morgan fingerprint density at radius 2 is 2.17 bits per heavy atom. The molecule has 1 aliphatic heterocycles. The predicted octanol–water partition coefficient (Wildman–Crippen LogP) is 0.989. The first-order chi connectivity index (χ1) is 5.84. The molecular formula is C8H13NO3. The minimum absolute atomic E-state index is 0.295. The molecule has 12 heavy (non-hydrogen) atoms. The normalized spacial score (nSPS) is 18.2. The molecule has 0 aromatic heterocycles. The molecule has 0 aromatic carbocycles. The van der Waals surface area contributed by atoms with Crippen LogP contribution in [0.4, 0.5) is 4.79 Å². The molecule has 1 fully saturated rings. The Morgan fingerprint density at radius 3 is 2.75 bits per heavy atom. The van der Waals surface area contributed by atoms with Crippen LogP contribution in [-0.4, -0.2) is 37.3 Å². The lowest BCUT2D eigenvalue weighted by molar-refractivity contribution is 0.0373. The van der Waals surface area contributed by atoms with E-state index in [0.29, 0.717) is 26.3 Å². The van der Waals surface area contributed by atoms with Crippen LogP contribution in [0.15, 0.2) is 12.3 Å². The van der Waals surface area contributed by atoms with E-state index < -0.39 is 0 Å². The minimum Gasteiger partial charge on any atom is -0.419 e. The molecule has 0 unspecified atom stereocenters. The molecule has 68 valence electrons. The van der Waals surface area contributed by atoms with E-state index in [2.05, 4.69) is 0 Å². The number of carbonyl (C=O) groups is 1. The topological polar surface area (TPSA) is 38.8 Å². The summed E-state index contributed by atoms with van der Waals surface area (Å²) in [4.78, 5) is 12.8. The lowest BCUT2D eigenvalue weighted by atomic mass is 10.5. The molecule has 0 atom stereocenters. The molecule has 0 aromatic rings.